The zero-order valence-electron chi connectivity index (χ0n) is 12.9. The van der Waals surface area contributed by atoms with Crippen LogP contribution in [0.1, 0.15) is 58.4 Å². The Morgan fingerprint density at radius 2 is 1.74 bits per heavy atom. The number of para-hydroxylation sites is 1. The van der Waals surface area contributed by atoms with Gasteiger partial charge in [0.05, 0.1) is 0 Å². The van der Waals surface area contributed by atoms with E-state index >= 15 is 0 Å². The highest BCUT2D eigenvalue weighted by atomic mass is 15.1. The molecule has 1 aromatic rings. The van der Waals surface area contributed by atoms with Crippen LogP contribution in [-0.4, -0.2) is 17.5 Å². The highest BCUT2D eigenvalue weighted by Gasteiger charge is 2.11. The monoisotopic (exact) mass is 262 g/mol. The van der Waals surface area contributed by atoms with Gasteiger partial charge in [-0.15, -0.1) is 0 Å². The molecular weight excluding hydrogens is 232 g/mol. The number of benzene rings is 1. The summed E-state index contributed by atoms with van der Waals surface area (Å²) < 4.78 is 0. The second-order valence-corrected chi connectivity index (χ2v) is 5.68. The lowest BCUT2D eigenvalue weighted by Gasteiger charge is -2.27. The quantitative estimate of drug-likeness (QED) is 0.526. The molecule has 0 aliphatic rings. The van der Waals surface area contributed by atoms with Crippen LogP contribution in [0.5, 0.6) is 0 Å². The van der Waals surface area contributed by atoms with Gasteiger partial charge < -0.3 is 5.73 Å². The van der Waals surface area contributed by atoms with Crippen LogP contribution in [0, 0.1) is 0 Å². The van der Waals surface area contributed by atoms with Crippen molar-refractivity contribution in [2.75, 3.05) is 12.3 Å². The first-order chi connectivity index (χ1) is 9.15. The lowest BCUT2D eigenvalue weighted by atomic mass is 10.1. The fraction of sp³-hybridized carbons (Fsp3) is 0.647. The van der Waals surface area contributed by atoms with E-state index in [-0.39, 0.29) is 0 Å². The molecule has 0 saturated carbocycles. The summed E-state index contributed by atoms with van der Waals surface area (Å²) in [6, 6.07) is 8.79. The van der Waals surface area contributed by atoms with E-state index in [2.05, 4.69) is 37.8 Å². The zero-order chi connectivity index (χ0) is 14.1. The van der Waals surface area contributed by atoms with E-state index in [4.69, 9.17) is 5.73 Å². The lowest BCUT2D eigenvalue weighted by Crippen LogP contribution is -2.31. The molecule has 2 nitrogen and oxygen atoms in total. The van der Waals surface area contributed by atoms with Crippen molar-refractivity contribution in [3.63, 3.8) is 0 Å². The summed E-state index contributed by atoms with van der Waals surface area (Å²) in [5.74, 6) is 0. The first-order valence-corrected chi connectivity index (χ1v) is 7.72. The van der Waals surface area contributed by atoms with Gasteiger partial charge in [-0.1, -0.05) is 50.8 Å². The average molecular weight is 262 g/mol. The molecule has 0 saturated heterocycles. The summed E-state index contributed by atoms with van der Waals surface area (Å²) in [6.45, 7) is 8.95. The molecule has 0 unspecified atom stereocenters. The third-order valence-electron chi connectivity index (χ3n) is 3.71. The number of rotatable bonds is 9. The Morgan fingerprint density at radius 3 is 2.37 bits per heavy atom. The van der Waals surface area contributed by atoms with Crippen LogP contribution in [0.15, 0.2) is 24.3 Å². The maximum Gasteiger partial charge on any atom is 0.0359 e. The maximum absolute atomic E-state index is 6.04. The predicted octanol–water partition coefficient (Wildman–Crippen LogP) is 4.45. The van der Waals surface area contributed by atoms with Gasteiger partial charge in [-0.2, -0.15) is 0 Å². The fourth-order valence-corrected chi connectivity index (χ4v) is 2.34. The molecule has 0 aromatic heterocycles. The predicted molar refractivity (Wildman–Crippen MR) is 85.2 cm³/mol. The van der Waals surface area contributed by atoms with Gasteiger partial charge in [0.25, 0.3) is 0 Å². The van der Waals surface area contributed by atoms with Gasteiger partial charge in [0.2, 0.25) is 0 Å². The fourth-order valence-electron chi connectivity index (χ4n) is 2.34. The molecule has 0 radical (unpaired) electrons. The normalized spacial score (nSPS) is 11.4. The topological polar surface area (TPSA) is 29.3 Å². The Kier molecular flexibility index (Phi) is 7.57. The minimum Gasteiger partial charge on any atom is -0.398 e. The van der Waals surface area contributed by atoms with E-state index in [1.165, 1.54) is 44.2 Å². The standard InChI is InChI=1S/C17H30N2/c1-4-5-6-7-10-13-19(15(2)3)14-16-11-8-9-12-17(16)18/h8-9,11-12,15H,4-7,10,13-14,18H2,1-3H3. The summed E-state index contributed by atoms with van der Waals surface area (Å²) in [6.07, 6.45) is 6.70. The minimum atomic E-state index is 0.575. The molecule has 19 heavy (non-hydrogen) atoms. The molecule has 0 aliphatic carbocycles. The number of unbranched alkanes of at least 4 members (excludes halogenated alkanes) is 4. The molecular formula is C17H30N2. The number of nitrogens with zero attached hydrogens (tertiary/aromatic N) is 1. The highest BCUT2D eigenvalue weighted by Crippen LogP contribution is 2.16. The maximum atomic E-state index is 6.04. The summed E-state index contributed by atoms with van der Waals surface area (Å²) in [7, 11) is 0. The molecule has 0 amide bonds. The lowest BCUT2D eigenvalue weighted by molar-refractivity contribution is 0.208. The number of anilines is 1. The SMILES string of the molecule is CCCCCCCN(Cc1ccccc1N)C(C)C. The number of nitrogen functional groups attached to an aromatic ring is 1. The molecule has 2 heteroatoms. The van der Waals surface area contributed by atoms with Crippen molar-refractivity contribution in [3.8, 4) is 0 Å². The van der Waals surface area contributed by atoms with Crippen molar-refractivity contribution < 1.29 is 0 Å². The van der Waals surface area contributed by atoms with Crippen LogP contribution in [0.2, 0.25) is 0 Å². The summed E-state index contributed by atoms with van der Waals surface area (Å²) in [4.78, 5) is 2.53. The second kappa shape index (κ2) is 8.98. The van der Waals surface area contributed by atoms with Gasteiger partial charge in [-0.25, -0.2) is 0 Å². The zero-order valence-corrected chi connectivity index (χ0v) is 12.9. The van der Waals surface area contributed by atoms with E-state index in [0.29, 0.717) is 6.04 Å². The third kappa shape index (κ3) is 6.11. The van der Waals surface area contributed by atoms with E-state index in [9.17, 15) is 0 Å². The summed E-state index contributed by atoms with van der Waals surface area (Å²) in [5.41, 5.74) is 8.21. The molecule has 1 aromatic carbocycles. The van der Waals surface area contributed by atoms with Crippen molar-refractivity contribution >= 4 is 5.69 Å². The van der Waals surface area contributed by atoms with E-state index in [0.717, 1.165) is 12.2 Å². The van der Waals surface area contributed by atoms with Crippen LogP contribution in [0.3, 0.4) is 0 Å². The van der Waals surface area contributed by atoms with Gasteiger partial charge in [-0.05, 0) is 38.4 Å². The molecule has 108 valence electrons. The average Bonchev–Trinajstić information content (AvgIpc) is 2.39. The number of hydrogen-bond acceptors (Lipinski definition) is 2. The Morgan fingerprint density at radius 1 is 1.05 bits per heavy atom. The van der Waals surface area contributed by atoms with Crippen LogP contribution >= 0.6 is 0 Å². The molecule has 1 rings (SSSR count). The van der Waals surface area contributed by atoms with Crippen LogP contribution in [-0.2, 0) is 6.54 Å². The van der Waals surface area contributed by atoms with Gasteiger partial charge in [0.1, 0.15) is 0 Å². The van der Waals surface area contributed by atoms with Gasteiger partial charge in [0.15, 0.2) is 0 Å². The molecule has 2 N–H and O–H groups in total. The Hall–Kier alpha value is -1.02. The third-order valence-corrected chi connectivity index (χ3v) is 3.71. The Labute approximate surface area is 119 Å². The van der Waals surface area contributed by atoms with Crippen molar-refractivity contribution in [1.82, 2.24) is 4.90 Å². The van der Waals surface area contributed by atoms with Crippen molar-refractivity contribution in [2.24, 2.45) is 0 Å². The van der Waals surface area contributed by atoms with Crippen LogP contribution in [0.4, 0.5) is 5.69 Å². The van der Waals surface area contributed by atoms with Crippen LogP contribution in [0.25, 0.3) is 0 Å². The van der Waals surface area contributed by atoms with Gasteiger partial charge in [0, 0.05) is 18.3 Å². The first kappa shape index (κ1) is 16.0. The molecule has 0 spiro atoms. The second-order valence-electron chi connectivity index (χ2n) is 5.68. The largest absolute Gasteiger partial charge is 0.398 e. The smallest absolute Gasteiger partial charge is 0.0359 e. The number of hydrogen-bond donors (Lipinski definition) is 1. The van der Waals surface area contributed by atoms with Crippen LogP contribution < -0.4 is 5.73 Å². The first-order valence-electron chi connectivity index (χ1n) is 7.72. The Bertz CT molecular complexity index is 347. The highest BCUT2D eigenvalue weighted by molar-refractivity contribution is 5.46. The van der Waals surface area contributed by atoms with Gasteiger partial charge >= 0.3 is 0 Å². The van der Waals surface area contributed by atoms with E-state index < -0.39 is 0 Å². The Balaban J connectivity index is 2.43. The van der Waals surface area contributed by atoms with Gasteiger partial charge in [-0.3, -0.25) is 4.90 Å². The summed E-state index contributed by atoms with van der Waals surface area (Å²) >= 11 is 0. The minimum absolute atomic E-state index is 0.575. The summed E-state index contributed by atoms with van der Waals surface area (Å²) in [5, 5.41) is 0. The van der Waals surface area contributed by atoms with E-state index in [1.807, 2.05) is 12.1 Å². The van der Waals surface area contributed by atoms with Crippen molar-refractivity contribution in [3.05, 3.63) is 29.8 Å². The van der Waals surface area contributed by atoms with E-state index in [1.54, 1.807) is 0 Å². The van der Waals surface area contributed by atoms with Crippen molar-refractivity contribution in [2.45, 2.75) is 65.5 Å². The number of nitrogens with two attached hydrogens (primary N) is 1. The molecule has 0 bridgehead atoms. The molecule has 0 aliphatic heterocycles. The molecule has 0 heterocycles. The van der Waals surface area contributed by atoms with Crippen molar-refractivity contribution in [1.29, 1.82) is 0 Å². The molecule has 0 fully saturated rings. The molecule has 0 atom stereocenters.